The van der Waals surface area contributed by atoms with Crippen LogP contribution in [-0.2, 0) is 0 Å². The van der Waals surface area contributed by atoms with Crippen molar-refractivity contribution in [3.63, 3.8) is 0 Å². The lowest BCUT2D eigenvalue weighted by atomic mass is 9.61. The molecule has 0 aromatic carbocycles. The van der Waals surface area contributed by atoms with Crippen molar-refractivity contribution < 1.29 is 0 Å². The van der Waals surface area contributed by atoms with E-state index in [0.29, 0.717) is 5.41 Å². The summed E-state index contributed by atoms with van der Waals surface area (Å²) >= 11 is 0. The van der Waals surface area contributed by atoms with Gasteiger partial charge in [-0.25, -0.2) is 0 Å². The maximum absolute atomic E-state index is 3.60. The summed E-state index contributed by atoms with van der Waals surface area (Å²) in [6, 6.07) is 0. The van der Waals surface area contributed by atoms with Crippen LogP contribution >= 0.6 is 0 Å². The van der Waals surface area contributed by atoms with Crippen molar-refractivity contribution in [2.24, 2.45) is 11.3 Å². The zero-order valence-corrected chi connectivity index (χ0v) is 10.9. The molecule has 0 radical (unpaired) electrons. The van der Waals surface area contributed by atoms with Crippen LogP contribution in [0.15, 0.2) is 0 Å². The minimum absolute atomic E-state index is 0.629. The molecule has 1 N–H and O–H groups in total. The molecule has 0 bridgehead atoms. The van der Waals surface area contributed by atoms with Crippen LogP contribution in [0.4, 0.5) is 0 Å². The van der Waals surface area contributed by atoms with Crippen molar-refractivity contribution in [2.45, 2.75) is 65.7 Å². The summed E-state index contributed by atoms with van der Waals surface area (Å²) in [6.07, 6.45) is 10.0. The van der Waals surface area contributed by atoms with Crippen LogP contribution in [-0.4, -0.2) is 13.1 Å². The van der Waals surface area contributed by atoms with Crippen molar-refractivity contribution in [3.8, 4) is 0 Å². The van der Waals surface area contributed by atoms with Crippen LogP contribution < -0.4 is 5.32 Å². The summed E-state index contributed by atoms with van der Waals surface area (Å²) in [5.74, 6) is 1.02. The zero-order chi connectivity index (χ0) is 11.1. The Morgan fingerprint density at radius 2 is 1.93 bits per heavy atom. The van der Waals surface area contributed by atoms with Crippen LogP contribution in [0.3, 0.4) is 0 Å². The molecule has 1 heteroatoms. The first kappa shape index (κ1) is 13.0. The van der Waals surface area contributed by atoms with E-state index < -0.39 is 0 Å². The Morgan fingerprint density at radius 1 is 1.20 bits per heavy atom. The lowest BCUT2D eigenvalue weighted by Crippen LogP contribution is -2.43. The Balaban J connectivity index is 2.52. The molecule has 1 atom stereocenters. The molecule has 1 nitrogen and oxygen atoms in total. The molecular weight excluding hydrogens is 182 g/mol. The van der Waals surface area contributed by atoms with Crippen molar-refractivity contribution in [2.75, 3.05) is 13.1 Å². The normalized spacial score (nSPS) is 21.0. The second kappa shape index (κ2) is 6.52. The largest absolute Gasteiger partial charge is 0.316 e. The molecule has 0 aliphatic heterocycles. The van der Waals surface area contributed by atoms with Crippen LogP contribution in [0.25, 0.3) is 0 Å². The molecule has 0 spiro atoms. The van der Waals surface area contributed by atoms with Crippen LogP contribution in [0.1, 0.15) is 65.7 Å². The molecule has 1 fully saturated rings. The zero-order valence-electron chi connectivity index (χ0n) is 10.9. The fourth-order valence-corrected chi connectivity index (χ4v) is 2.95. The van der Waals surface area contributed by atoms with Gasteiger partial charge >= 0.3 is 0 Å². The number of unbranched alkanes of at least 4 members (excludes halogenated alkanes) is 1. The summed E-state index contributed by atoms with van der Waals surface area (Å²) in [4.78, 5) is 0. The van der Waals surface area contributed by atoms with Gasteiger partial charge in [-0.3, -0.25) is 0 Å². The summed E-state index contributed by atoms with van der Waals surface area (Å²) in [6.45, 7) is 9.31. The van der Waals surface area contributed by atoms with E-state index in [1.807, 2.05) is 0 Å². The van der Waals surface area contributed by atoms with E-state index in [2.05, 4.69) is 26.1 Å². The lowest BCUT2D eigenvalue weighted by Gasteiger charge is -2.46. The molecule has 0 aromatic rings. The summed E-state index contributed by atoms with van der Waals surface area (Å²) in [5.41, 5.74) is 0.629. The first-order valence-electron chi connectivity index (χ1n) is 6.99. The highest BCUT2D eigenvalue weighted by Gasteiger charge is 2.39. The molecule has 0 amide bonds. The SMILES string of the molecule is CCCCC(CC)(CNCC)C1CCC1. The minimum Gasteiger partial charge on any atom is -0.316 e. The summed E-state index contributed by atoms with van der Waals surface area (Å²) in [7, 11) is 0. The van der Waals surface area contributed by atoms with Crippen molar-refractivity contribution in [1.82, 2.24) is 5.32 Å². The second-order valence-corrected chi connectivity index (χ2v) is 5.23. The summed E-state index contributed by atoms with van der Waals surface area (Å²) < 4.78 is 0. The smallest absolute Gasteiger partial charge is 0.00102 e. The van der Waals surface area contributed by atoms with Crippen LogP contribution in [0.2, 0.25) is 0 Å². The number of nitrogens with one attached hydrogen (secondary N) is 1. The third kappa shape index (κ3) is 3.21. The van der Waals surface area contributed by atoms with Gasteiger partial charge in [0.25, 0.3) is 0 Å². The third-order valence-electron chi connectivity index (χ3n) is 4.43. The van der Waals surface area contributed by atoms with Gasteiger partial charge in [0.2, 0.25) is 0 Å². The Bertz CT molecular complexity index is 153. The minimum atomic E-state index is 0.629. The average Bonchev–Trinajstić information content (AvgIpc) is 2.19. The highest BCUT2D eigenvalue weighted by Crippen LogP contribution is 2.47. The topological polar surface area (TPSA) is 12.0 Å². The van der Waals surface area contributed by atoms with Crippen molar-refractivity contribution in [1.29, 1.82) is 0 Å². The predicted molar refractivity (Wildman–Crippen MR) is 68.1 cm³/mol. The van der Waals surface area contributed by atoms with Crippen molar-refractivity contribution >= 4 is 0 Å². The molecular formula is C14H29N. The number of hydrogen-bond donors (Lipinski definition) is 1. The molecule has 90 valence electrons. The third-order valence-corrected chi connectivity index (χ3v) is 4.43. The standard InChI is InChI=1S/C14H29N/c1-4-7-11-14(5-2,12-15-6-3)13-9-8-10-13/h13,15H,4-12H2,1-3H3. The first-order chi connectivity index (χ1) is 7.29. The molecule has 0 saturated heterocycles. The lowest BCUT2D eigenvalue weighted by molar-refractivity contribution is 0.0643. The fourth-order valence-electron chi connectivity index (χ4n) is 2.95. The van der Waals surface area contributed by atoms with E-state index in [0.717, 1.165) is 12.5 Å². The Kier molecular flexibility index (Phi) is 5.66. The predicted octanol–water partition coefficient (Wildman–Crippen LogP) is 3.98. The molecule has 1 rings (SSSR count). The molecule has 1 saturated carbocycles. The van der Waals surface area contributed by atoms with E-state index in [1.165, 1.54) is 51.5 Å². The van der Waals surface area contributed by atoms with Gasteiger partial charge in [0.05, 0.1) is 0 Å². The molecule has 1 aliphatic rings. The Morgan fingerprint density at radius 3 is 2.33 bits per heavy atom. The number of rotatable bonds is 8. The molecule has 1 unspecified atom stereocenters. The van der Waals surface area contributed by atoms with Gasteiger partial charge in [0.15, 0.2) is 0 Å². The van der Waals surface area contributed by atoms with Gasteiger partial charge in [0.1, 0.15) is 0 Å². The highest BCUT2D eigenvalue weighted by molar-refractivity contribution is 4.91. The maximum Gasteiger partial charge on any atom is 0.00102 e. The second-order valence-electron chi connectivity index (χ2n) is 5.23. The van der Waals surface area contributed by atoms with Gasteiger partial charge in [-0.2, -0.15) is 0 Å². The van der Waals surface area contributed by atoms with E-state index in [-0.39, 0.29) is 0 Å². The fraction of sp³-hybridized carbons (Fsp3) is 1.00. The van der Waals surface area contributed by atoms with Crippen LogP contribution in [0.5, 0.6) is 0 Å². The molecule has 0 heterocycles. The van der Waals surface area contributed by atoms with Crippen LogP contribution in [0, 0.1) is 11.3 Å². The van der Waals surface area contributed by atoms with Gasteiger partial charge in [-0.1, -0.05) is 40.0 Å². The van der Waals surface area contributed by atoms with Gasteiger partial charge < -0.3 is 5.32 Å². The van der Waals surface area contributed by atoms with E-state index in [9.17, 15) is 0 Å². The van der Waals surface area contributed by atoms with E-state index >= 15 is 0 Å². The Hall–Kier alpha value is -0.0400. The maximum atomic E-state index is 3.60. The summed E-state index contributed by atoms with van der Waals surface area (Å²) in [5, 5.41) is 3.60. The van der Waals surface area contributed by atoms with E-state index in [4.69, 9.17) is 0 Å². The van der Waals surface area contributed by atoms with Crippen molar-refractivity contribution in [3.05, 3.63) is 0 Å². The first-order valence-corrected chi connectivity index (χ1v) is 6.99. The average molecular weight is 211 g/mol. The Labute approximate surface area is 96.0 Å². The van der Waals surface area contributed by atoms with Gasteiger partial charge in [0, 0.05) is 6.54 Å². The number of hydrogen-bond acceptors (Lipinski definition) is 1. The molecule has 0 aromatic heterocycles. The van der Waals surface area contributed by atoms with Gasteiger partial charge in [-0.05, 0) is 43.6 Å². The van der Waals surface area contributed by atoms with Gasteiger partial charge in [-0.15, -0.1) is 0 Å². The monoisotopic (exact) mass is 211 g/mol. The highest BCUT2D eigenvalue weighted by atomic mass is 14.9. The molecule has 15 heavy (non-hydrogen) atoms. The quantitative estimate of drug-likeness (QED) is 0.640. The van der Waals surface area contributed by atoms with E-state index in [1.54, 1.807) is 0 Å². The molecule has 1 aliphatic carbocycles.